The van der Waals surface area contributed by atoms with Gasteiger partial charge in [0.05, 0.1) is 24.3 Å². The van der Waals surface area contributed by atoms with Crippen LogP contribution < -0.4 is 9.64 Å². The van der Waals surface area contributed by atoms with Gasteiger partial charge < -0.3 is 9.84 Å². The number of carbonyl (C=O) groups excluding carboxylic acids is 2. The summed E-state index contributed by atoms with van der Waals surface area (Å²) < 4.78 is 5.30. The molecule has 4 rings (SSSR count). The average molecular weight is 443 g/mol. The maximum absolute atomic E-state index is 13.0. The standard InChI is InChI=1S/C20H15ClN4O4S/c1-10-23-24-20(30-10)25-16(11-4-3-7-22-9-11)15(18(27)19(25)28)17(26)13-8-12(21)5-6-14(13)29-2/h3-9,16,26H,1-2H3. The first kappa shape index (κ1) is 20.0. The number of methoxy groups -OCH3 is 1. The van der Waals surface area contributed by atoms with Crippen LogP contribution in [0.4, 0.5) is 5.13 Å². The first-order valence-electron chi connectivity index (χ1n) is 8.77. The number of aryl methyl sites for hydroxylation is 1. The van der Waals surface area contributed by atoms with E-state index in [9.17, 15) is 14.7 Å². The topological polar surface area (TPSA) is 106 Å². The van der Waals surface area contributed by atoms with Gasteiger partial charge in [0, 0.05) is 17.4 Å². The first-order chi connectivity index (χ1) is 14.4. The van der Waals surface area contributed by atoms with Gasteiger partial charge in [0.25, 0.3) is 5.78 Å². The number of Topliss-reactive ketones (excluding diaryl/α,β-unsaturated/α-hetero) is 1. The number of aliphatic hydroxyl groups is 1. The Balaban J connectivity index is 1.98. The fourth-order valence-corrected chi connectivity index (χ4v) is 4.16. The molecule has 1 aromatic carbocycles. The van der Waals surface area contributed by atoms with Crippen molar-refractivity contribution in [2.75, 3.05) is 12.0 Å². The summed E-state index contributed by atoms with van der Waals surface area (Å²) in [6.45, 7) is 1.74. The van der Waals surface area contributed by atoms with Crippen LogP contribution in [0, 0.1) is 6.92 Å². The maximum atomic E-state index is 13.0. The number of hydrogen-bond acceptors (Lipinski definition) is 8. The van der Waals surface area contributed by atoms with Crippen LogP contribution in [-0.4, -0.2) is 39.1 Å². The Morgan fingerprint density at radius 2 is 2.07 bits per heavy atom. The molecule has 3 aromatic rings. The molecule has 0 aliphatic carbocycles. The number of aromatic nitrogens is 3. The second kappa shape index (κ2) is 7.85. The second-order valence-corrected chi connectivity index (χ2v) is 8.00. The minimum absolute atomic E-state index is 0.110. The molecule has 0 bridgehead atoms. The van der Waals surface area contributed by atoms with Crippen LogP contribution in [0.25, 0.3) is 5.76 Å². The molecule has 152 valence electrons. The van der Waals surface area contributed by atoms with Crippen molar-refractivity contribution in [1.82, 2.24) is 15.2 Å². The predicted molar refractivity (Wildman–Crippen MR) is 112 cm³/mol. The number of amides is 1. The summed E-state index contributed by atoms with van der Waals surface area (Å²) in [4.78, 5) is 31.3. The molecule has 10 heteroatoms. The highest BCUT2D eigenvalue weighted by Crippen LogP contribution is 2.43. The Morgan fingerprint density at radius 1 is 1.27 bits per heavy atom. The number of pyridine rings is 1. The quantitative estimate of drug-likeness (QED) is 0.374. The van der Waals surface area contributed by atoms with Gasteiger partial charge in [-0.2, -0.15) is 0 Å². The van der Waals surface area contributed by atoms with E-state index in [-0.39, 0.29) is 16.3 Å². The zero-order valence-corrected chi connectivity index (χ0v) is 17.4. The lowest BCUT2D eigenvalue weighted by atomic mass is 9.96. The monoisotopic (exact) mass is 442 g/mol. The Morgan fingerprint density at radius 3 is 2.70 bits per heavy atom. The van der Waals surface area contributed by atoms with Crippen molar-refractivity contribution in [2.45, 2.75) is 13.0 Å². The SMILES string of the molecule is COc1ccc(Cl)cc1C(O)=C1C(=O)C(=O)N(c2nnc(C)s2)C1c1cccnc1. The van der Waals surface area contributed by atoms with Crippen LogP contribution in [0.2, 0.25) is 5.02 Å². The number of carbonyl (C=O) groups is 2. The van der Waals surface area contributed by atoms with Gasteiger partial charge in [0.1, 0.15) is 16.5 Å². The number of aliphatic hydroxyl groups excluding tert-OH is 1. The minimum Gasteiger partial charge on any atom is -0.507 e. The predicted octanol–water partition coefficient (Wildman–Crippen LogP) is 3.53. The molecule has 0 spiro atoms. The molecule has 2 aromatic heterocycles. The highest BCUT2D eigenvalue weighted by Gasteiger charge is 2.48. The zero-order valence-electron chi connectivity index (χ0n) is 15.9. The van der Waals surface area contributed by atoms with Crippen molar-refractivity contribution in [3.8, 4) is 5.75 Å². The van der Waals surface area contributed by atoms with Gasteiger partial charge in [-0.15, -0.1) is 10.2 Å². The number of ether oxygens (including phenoxy) is 1. The first-order valence-corrected chi connectivity index (χ1v) is 9.96. The van der Waals surface area contributed by atoms with Gasteiger partial charge in [-0.3, -0.25) is 19.5 Å². The molecule has 1 fully saturated rings. The lowest BCUT2D eigenvalue weighted by molar-refractivity contribution is -0.132. The van der Waals surface area contributed by atoms with E-state index >= 15 is 0 Å². The van der Waals surface area contributed by atoms with Gasteiger partial charge in [0.15, 0.2) is 0 Å². The van der Waals surface area contributed by atoms with Crippen LogP contribution in [0.3, 0.4) is 0 Å². The Kier molecular flexibility index (Phi) is 5.23. The largest absolute Gasteiger partial charge is 0.507 e. The zero-order chi connectivity index (χ0) is 21.4. The smallest absolute Gasteiger partial charge is 0.301 e. The highest BCUT2D eigenvalue weighted by atomic mass is 35.5. The second-order valence-electron chi connectivity index (χ2n) is 6.40. The molecule has 1 atom stereocenters. The van der Waals surface area contributed by atoms with Crippen LogP contribution in [0.15, 0.2) is 48.3 Å². The number of halogens is 1. The lowest BCUT2D eigenvalue weighted by Crippen LogP contribution is -2.29. The molecule has 0 radical (unpaired) electrons. The summed E-state index contributed by atoms with van der Waals surface area (Å²) in [6, 6.07) is 7.10. The van der Waals surface area contributed by atoms with Gasteiger partial charge in [-0.05, 0) is 36.8 Å². The molecular formula is C20H15ClN4O4S. The number of ketones is 1. The van der Waals surface area contributed by atoms with Crippen LogP contribution in [0.1, 0.15) is 22.2 Å². The summed E-state index contributed by atoms with van der Waals surface area (Å²) in [5.41, 5.74) is 0.624. The summed E-state index contributed by atoms with van der Waals surface area (Å²) in [5.74, 6) is -1.76. The Bertz CT molecular complexity index is 1180. The van der Waals surface area contributed by atoms with E-state index in [4.69, 9.17) is 16.3 Å². The summed E-state index contributed by atoms with van der Waals surface area (Å²) in [7, 11) is 1.43. The van der Waals surface area contributed by atoms with Crippen LogP contribution in [0.5, 0.6) is 5.75 Å². The molecule has 1 saturated heterocycles. The van der Waals surface area contributed by atoms with Crippen LogP contribution >= 0.6 is 22.9 Å². The third kappa shape index (κ3) is 3.31. The molecule has 30 heavy (non-hydrogen) atoms. The van der Waals surface area contributed by atoms with Crippen molar-refractivity contribution in [3.05, 3.63) is 69.5 Å². The van der Waals surface area contributed by atoms with E-state index in [1.54, 1.807) is 37.4 Å². The van der Waals surface area contributed by atoms with E-state index in [2.05, 4.69) is 15.2 Å². The van der Waals surface area contributed by atoms with Crippen molar-refractivity contribution < 1.29 is 19.4 Å². The molecule has 1 aliphatic rings. The molecule has 1 amide bonds. The van der Waals surface area contributed by atoms with E-state index < -0.39 is 23.5 Å². The molecule has 0 saturated carbocycles. The fourth-order valence-electron chi connectivity index (χ4n) is 3.28. The highest BCUT2D eigenvalue weighted by molar-refractivity contribution is 7.15. The van der Waals surface area contributed by atoms with Gasteiger partial charge >= 0.3 is 5.91 Å². The Labute approximate surface area is 180 Å². The Hall–Kier alpha value is -3.30. The van der Waals surface area contributed by atoms with Crippen molar-refractivity contribution in [1.29, 1.82) is 0 Å². The summed E-state index contributed by atoms with van der Waals surface area (Å²) >= 11 is 7.26. The third-order valence-corrected chi connectivity index (χ3v) is 5.66. The summed E-state index contributed by atoms with van der Waals surface area (Å²) in [5, 5.41) is 20.3. The third-order valence-electron chi connectivity index (χ3n) is 4.58. The molecule has 1 aliphatic heterocycles. The number of nitrogens with zero attached hydrogens (tertiary/aromatic N) is 4. The number of rotatable bonds is 4. The maximum Gasteiger partial charge on any atom is 0.301 e. The lowest BCUT2D eigenvalue weighted by Gasteiger charge is -2.22. The van der Waals surface area contributed by atoms with E-state index in [0.29, 0.717) is 21.3 Å². The average Bonchev–Trinajstić information content (AvgIpc) is 3.29. The molecule has 3 heterocycles. The van der Waals surface area contributed by atoms with E-state index in [1.165, 1.54) is 35.6 Å². The molecule has 8 nitrogen and oxygen atoms in total. The van der Waals surface area contributed by atoms with Crippen molar-refractivity contribution in [2.24, 2.45) is 0 Å². The molecule has 1 N–H and O–H groups in total. The van der Waals surface area contributed by atoms with Crippen molar-refractivity contribution >= 4 is 45.5 Å². The molecule has 1 unspecified atom stereocenters. The van der Waals surface area contributed by atoms with Gasteiger partial charge in [-0.25, -0.2) is 0 Å². The van der Waals surface area contributed by atoms with Gasteiger partial charge in [0.2, 0.25) is 5.13 Å². The number of benzene rings is 1. The van der Waals surface area contributed by atoms with Crippen LogP contribution in [-0.2, 0) is 9.59 Å². The fraction of sp³-hybridized carbons (Fsp3) is 0.150. The minimum atomic E-state index is -0.935. The molecular weight excluding hydrogens is 428 g/mol. The normalized spacial score (nSPS) is 18.1. The number of hydrogen-bond donors (Lipinski definition) is 1. The van der Waals surface area contributed by atoms with E-state index in [0.717, 1.165) is 0 Å². The van der Waals surface area contributed by atoms with Gasteiger partial charge in [-0.1, -0.05) is 29.0 Å². The summed E-state index contributed by atoms with van der Waals surface area (Å²) in [6.07, 6.45) is 3.10. The number of anilines is 1. The van der Waals surface area contributed by atoms with Crippen molar-refractivity contribution in [3.63, 3.8) is 0 Å². The van der Waals surface area contributed by atoms with E-state index in [1.807, 2.05) is 0 Å².